The van der Waals surface area contributed by atoms with Crippen molar-refractivity contribution in [1.82, 2.24) is 34.3 Å². The smallest absolute Gasteiger partial charge is 0.283 e. The van der Waals surface area contributed by atoms with Crippen molar-refractivity contribution in [3.8, 4) is 16.9 Å². The number of H-pyrrole nitrogens is 1. The number of ketones is 1. The maximum absolute atomic E-state index is 14.1. The Hall–Kier alpha value is -4.10. The molecule has 196 valence electrons. The van der Waals surface area contributed by atoms with Gasteiger partial charge in [-0.1, -0.05) is 25.1 Å². The van der Waals surface area contributed by atoms with Crippen LogP contribution in [0.15, 0.2) is 65.8 Å². The molecule has 11 nitrogen and oxygen atoms in total. The van der Waals surface area contributed by atoms with Crippen LogP contribution in [-0.4, -0.2) is 46.7 Å². The number of nitrogens with two attached hydrogens (primary N) is 1. The van der Waals surface area contributed by atoms with E-state index >= 15 is 0 Å². The Kier molecular flexibility index (Phi) is 7.33. The van der Waals surface area contributed by atoms with Crippen LogP contribution in [-0.2, 0) is 0 Å². The van der Waals surface area contributed by atoms with E-state index in [4.69, 9.17) is 10.8 Å². The number of carbonyl (C=O) groups is 1. The summed E-state index contributed by atoms with van der Waals surface area (Å²) < 4.78 is 3.25. The summed E-state index contributed by atoms with van der Waals surface area (Å²) in [4.78, 5) is 36.8. The van der Waals surface area contributed by atoms with E-state index in [1.54, 1.807) is 21.5 Å². The topological polar surface area (TPSA) is 140 Å². The molecule has 13 heteroatoms. The lowest BCUT2D eigenvalue weighted by molar-refractivity contribution is 0.101. The van der Waals surface area contributed by atoms with Crippen molar-refractivity contribution in [3.63, 3.8) is 0 Å². The van der Waals surface area contributed by atoms with Crippen molar-refractivity contribution >= 4 is 50.1 Å². The second-order valence-electron chi connectivity index (χ2n) is 8.92. The van der Waals surface area contributed by atoms with Crippen molar-refractivity contribution < 1.29 is 4.79 Å². The third kappa shape index (κ3) is 4.23. The second kappa shape index (κ2) is 10.3. The standard InChI is InChI=1S/C25H23N9O2.2H2S/c1-14-13-32(22-18(15(2)35)12-27-25(26)29-22)20(14)23-31-33-11-9-17(19-8-10-28-30-19)21(33)24(36)34(23)16-6-4-3-5-7-16;;/h3-12,14,20H,13H2,1-2H3,(H,28,30)(H2,26,27,29);2*1H2/t14-,20?;;/m0../s1. The average molecular weight is 550 g/mol. The highest BCUT2D eigenvalue weighted by Crippen LogP contribution is 2.42. The highest BCUT2D eigenvalue weighted by molar-refractivity contribution is 7.59. The van der Waals surface area contributed by atoms with Gasteiger partial charge in [-0.3, -0.25) is 19.3 Å². The minimum atomic E-state index is -0.326. The maximum atomic E-state index is 14.1. The van der Waals surface area contributed by atoms with Gasteiger partial charge in [0.2, 0.25) is 5.95 Å². The molecule has 1 aliphatic rings. The number of nitrogen functional groups attached to an aromatic ring is 1. The van der Waals surface area contributed by atoms with E-state index in [9.17, 15) is 9.59 Å². The highest BCUT2D eigenvalue weighted by Gasteiger charge is 2.43. The number of anilines is 2. The monoisotopic (exact) mass is 549 g/mol. The van der Waals surface area contributed by atoms with E-state index in [0.717, 1.165) is 5.69 Å². The molecule has 0 bridgehead atoms. The lowest BCUT2D eigenvalue weighted by Gasteiger charge is -2.47. The van der Waals surface area contributed by atoms with Gasteiger partial charge in [-0.05, 0) is 31.2 Å². The van der Waals surface area contributed by atoms with Crippen molar-refractivity contribution in [1.29, 1.82) is 0 Å². The van der Waals surface area contributed by atoms with E-state index < -0.39 is 0 Å². The third-order valence-corrected chi connectivity index (χ3v) is 6.58. The summed E-state index contributed by atoms with van der Waals surface area (Å²) in [5, 5.41) is 11.9. The van der Waals surface area contributed by atoms with E-state index in [2.05, 4.69) is 27.1 Å². The number of fused-ring (bicyclic) bond motifs is 1. The molecule has 5 heterocycles. The number of para-hydroxylation sites is 1. The fraction of sp³-hybridized carbons (Fsp3) is 0.200. The highest BCUT2D eigenvalue weighted by atomic mass is 32.1. The summed E-state index contributed by atoms with van der Waals surface area (Å²) in [6.07, 6.45) is 4.86. The van der Waals surface area contributed by atoms with E-state index in [0.29, 0.717) is 40.5 Å². The summed E-state index contributed by atoms with van der Waals surface area (Å²) in [5.41, 5.74) is 8.61. The minimum Gasteiger partial charge on any atom is -0.368 e. The van der Waals surface area contributed by atoms with Crippen LogP contribution in [0, 0.1) is 5.92 Å². The summed E-state index contributed by atoms with van der Waals surface area (Å²) >= 11 is 0. The van der Waals surface area contributed by atoms with Crippen molar-refractivity contribution in [3.05, 3.63) is 82.8 Å². The van der Waals surface area contributed by atoms with Crippen LogP contribution in [0.4, 0.5) is 11.8 Å². The zero-order valence-corrected chi connectivity index (χ0v) is 22.7. The molecule has 3 N–H and O–H groups in total. The molecule has 6 rings (SSSR count). The Morgan fingerprint density at radius 1 is 1.13 bits per heavy atom. The molecule has 1 unspecified atom stereocenters. The lowest BCUT2D eigenvalue weighted by atomic mass is 9.88. The summed E-state index contributed by atoms with van der Waals surface area (Å²) in [5.74, 6) is 1.02. The van der Waals surface area contributed by atoms with Gasteiger partial charge in [-0.2, -0.15) is 42.2 Å². The van der Waals surface area contributed by atoms with Gasteiger partial charge in [0.15, 0.2) is 11.6 Å². The first-order chi connectivity index (χ1) is 17.4. The van der Waals surface area contributed by atoms with Crippen LogP contribution in [0.3, 0.4) is 0 Å². The Labute approximate surface area is 231 Å². The molecule has 0 amide bonds. The predicted molar refractivity (Wildman–Crippen MR) is 155 cm³/mol. The van der Waals surface area contributed by atoms with Crippen LogP contribution in [0.5, 0.6) is 0 Å². The first-order valence-corrected chi connectivity index (χ1v) is 11.5. The summed E-state index contributed by atoms with van der Waals surface area (Å²) in [6, 6.07) is 12.7. The van der Waals surface area contributed by atoms with Gasteiger partial charge in [0.1, 0.15) is 11.3 Å². The number of carbonyl (C=O) groups excluding carboxylic acids is 1. The molecule has 1 fully saturated rings. The molecular formula is C25H27N9O2S2. The second-order valence-corrected chi connectivity index (χ2v) is 8.92. The Bertz CT molecular complexity index is 1670. The number of rotatable bonds is 5. The number of Topliss-reactive ketones (excluding diaryl/α,β-unsaturated/α-hetero) is 1. The Balaban J connectivity index is 0.00000168. The number of benzene rings is 1. The lowest BCUT2D eigenvalue weighted by Crippen LogP contribution is -2.52. The first-order valence-electron chi connectivity index (χ1n) is 11.5. The van der Waals surface area contributed by atoms with Crippen LogP contribution < -0.4 is 16.2 Å². The molecule has 0 saturated carbocycles. The van der Waals surface area contributed by atoms with E-state index in [1.807, 2.05) is 47.4 Å². The molecule has 0 spiro atoms. The molecular weight excluding hydrogens is 522 g/mol. The summed E-state index contributed by atoms with van der Waals surface area (Å²) in [6.45, 7) is 4.17. The van der Waals surface area contributed by atoms with Gasteiger partial charge in [-0.15, -0.1) is 0 Å². The van der Waals surface area contributed by atoms with Gasteiger partial charge < -0.3 is 10.6 Å². The average Bonchev–Trinajstić information content (AvgIpc) is 3.53. The number of aromatic nitrogens is 7. The van der Waals surface area contributed by atoms with E-state index in [-0.39, 0.29) is 56.2 Å². The van der Waals surface area contributed by atoms with Crippen LogP contribution in [0.1, 0.15) is 36.1 Å². The van der Waals surface area contributed by atoms with Gasteiger partial charge in [0.25, 0.3) is 5.56 Å². The van der Waals surface area contributed by atoms with Gasteiger partial charge >= 0.3 is 0 Å². The first kappa shape index (κ1) is 26.9. The number of nitrogens with one attached hydrogen (secondary N) is 1. The third-order valence-electron chi connectivity index (χ3n) is 6.58. The largest absolute Gasteiger partial charge is 0.368 e. The van der Waals surface area contributed by atoms with Gasteiger partial charge in [0.05, 0.1) is 23.0 Å². The van der Waals surface area contributed by atoms with Crippen LogP contribution in [0.2, 0.25) is 0 Å². The molecule has 1 aliphatic heterocycles. The van der Waals surface area contributed by atoms with Crippen LogP contribution in [0.25, 0.3) is 22.5 Å². The molecule has 38 heavy (non-hydrogen) atoms. The molecule has 0 aliphatic carbocycles. The van der Waals surface area contributed by atoms with E-state index in [1.165, 1.54) is 13.1 Å². The molecule has 1 saturated heterocycles. The fourth-order valence-electron chi connectivity index (χ4n) is 4.88. The molecule has 0 radical (unpaired) electrons. The predicted octanol–water partition coefficient (Wildman–Crippen LogP) is 2.87. The number of hydrogen-bond acceptors (Lipinski definition) is 8. The van der Waals surface area contributed by atoms with Crippen molar-refractivity contribution in [2.24, 2.45) is 5.92 Å². The van der Waals surface area contributed by atoms with Gasteiger partial charge in [0, 0.05) is 36.6 Å². The van der Waals surface area contributed by atoms with Crippen LogP contribution >= 0.6 is 27.0 Å². The van der Waals surface area contributed by atoms with Crippen molar-refractivity contribution in [2.45, 2.75) is 19.9 Å². The molecule has 1 aromatic carbocycles. The zero-order valence-electron chi connectivity index (χ0n) is 20.7. The Morgan fingerprint density at radius 3 is 2.55 bits per heavy atom. The zero-order chi connectivity index (χ0) is 25.0. The number of nitrogens with zero attached hydrogens (tertiary/aromatic N) is 7. The molecule has 2 atom stereocenters. The Morgan fingerprint density at radius 2 is 1.89 bits per heavy atom. The molecule has 4 aromatic heterocycles. The van der Waals surface area contributed by atoms with Gasteiger partial charge in [-0.25, -0.2) is 9.50 Å². The SMILES string of the molecule is CC(=O)c1cnc(N)nc1N1C[C@H](C)C1c1nn2ccc(-c3ccn[nH]3)c2c(=O)n1-c1ccccc1.S.S. The minimum absolute atomic E-state index is 0. The number of aromatic amines is 1. The quantitative estimate of drug-likeness (QED) is 0.319. The van der Waals surface area contributed by atoms with Crippen molar-refractivity contribution in [2.75, 3.05) is 17.2 Å². The summed E-state index contributed by atoms with van der Waals surface area (Å²) in [7, 11) is 0. The normalized spacial score (nSPS) is 16.4. The molecule has 5 aromatic rings. The maximum Gasteiger partial charge on any atom is 0.283 e. The fourth-order valence-corrected chi connectivity index (χ4v) is 4.88. The number of hydrogen-bond donors (Lipinski definition) is 2.